The molecule has 1 aromatic carbocycles. The standard InChI is InChI=1S/C12H16BrNO/c1-14-7-3-6-12(15,9-14)10-4-2-5-11(13)8-10/h2,4-5,8,15H,3,6-7,9H2,1H3. The van der Waals surface area contributed by atoms with Crippen LogP contribution >= 0.6 is 15.9 Å². The van der Waals surface area contributed by atoms with Crippen LogP contribution in [-0.4, -0.2) is 30.1 Å². The van der Waals surface area contributed by atoms with Gasteiger partial charge in [-0.15, -0.1) is 0 Å². The Kier molecular flexibility index (Phi) is 3.14. The Labute approximate surface area is 99.0 Å². The van der Waals surface area contributed by atoms with Crippen LogP contribution < -0.4 is 0 Å². The molecule has 0 bridgehead atoms. The molecule has 1 saturated heterocycles. The summed E-state index contributed by atoms with van der Waals surface area (Å²) in [6.07, 6.45) is 1.91. The average molecular weight is 270 g/mol. The van der Waals surface area contributed by atoms with Crippen molar-refractivity contribution < 1.29 is 5.11 Å². The average Bonchev–Trinajstić information content (AvgIpc) is 2.17. The van der Waals surface area contributed by atoms with Crippen LogP contribution in [0.4, 0.5) is 0 Å². The zero-order valence-corrected chi connectivity index (χ0v) is 10.5. The topological polar surface area (TPSA) is 23.5 Å². The summed E-state index contributed by atoms with van der Waals surface area (Å²) in [6, 6.07) is 7.98. The lowest BCUT2D eigenvalue weighted by Gasteiger charge is -2.37. The molecular weight excluding hydrogens is 254 g/mol. The monoisotopic (exact) mass is 269 g/mol. The second kappa shape index (κ2) is 4.24. The van der Waals surface area contributed by atoms with Crippen LogP contribution in [0.25, 0.3) is 0 Å². The molecule has 0 spiro atoms. The maximum absolute atomic E-state index is 10.6. The number of aliphatic hydroxyl groups is 1. The Balaban J connectivity index is 2.28. The minimum atomic E-state index is -0.670. The maximum Gasteiger partial charge on any atom is 0.102 e. The van der Waals surface area contributed by atoms with E-state index in [9.17, 15) is 5.11 Å². The van der Waals surface area contributed by atoms with Gasteiger partial charge in [0.2, 0.25) is 0 Å². The minimum absolute atomic E-state index is 0.670. The molecule has 1 atom stereocenters. The quantitative estimate of drug-likeness (QED) is 0.846. The molecule has 1 aliphatic rings. The van der Waals surface area contributed by atoms with Crippen molar-refractivity contribution in [2.45, 2.75) is 18.4 Å². The van der Waals surface area contributed by atoms with Crippen LogP contribution in [-0.2, 0) is 5.60 Å². The summed E-state index contributed by atoms with van der Waals surface area (Å²) in [5.74, 6) is 0. The molecule has 0 aliphatic carbocycles. The first-order chi connectivity index (χ1) is 7.10. The molecular formula is C12H16BrNO. The molecule has 0 radical (unpaired) electrons. The fourth-order valence-corrected chi connectivity index (χ4v) is 2.66. The molecule has 2 rings (SSSR count). The second-order valence-corrected chi connectivity index (χ2v) is 5.30. The molecule has 0 aromatic heterocycles. The first-order valence-corrected chi connectivity index (χ1v) is 6.06. The fraction of sp³-hybridized carbons (Fsp3) is 0.500. The molecule has 15 heavy (non-hydrogen) atoms. The number of rotatable bonds is 1. The predicted molar refractivity (Wildman–Crippen MR) is 64.8 cm³/mol. The smallest absolute Gasteiger partial charge is 0.102 e. The highest BCUT2D eigenvalue weighted by atomic mass is 79.9. The highest BCUT2D eigenvalue weighted by molar-refractivity contribution is 9.10. The highest BCUT2D eigenvalue weighted by Gasteiger charge is 2.33. The summed E-state index contributed by atoms with van der Waals surface area (Å²) in [6.45, 7) is 1.81. The van der Waals surface area contributed by atoms with E-state index in [0.29, 0.717) is 0 Å². The Morgan fingerprint density at radius 1 is 1.47 bits per heavy atom. The second-order valence-electron chi connectivity index (χ2n) is 4.38. The SMILES string of the molecule is CN1CCCC(O)(c2cccc(Br)c2)C1. The van der Waals surface area contributed by atoms with E-state index in [1.54, 1.807) is 0 Å². The van der Waals surface area contributed by atoms with Crippen molar-refractivity contribution in [2.24, 2.45) is 0 Å². The Bertz CT molecular complexity index is 355. The van der Waals surface area contributed by atoms with Gasteiger partial charge in [0.05, 0.1) is 0 Å². The summed E-state index contributed by atoms with van der Waals surface area (Å²) < 4.78 is 1.03. The van der Waals surface area contributed by atoms with Gasteiger partial charge in [0, 0.05) is 11.0 Å². The summed E-state index contributed by atoms with van der Waals surface area (Å²) in [4.78, 5) is 2.18. The van der Waals surface area contributed by atoms with Crippen LogP contribution in [0.3, 0.4) is 0 Å². The number of piperidine rings is 1. The van der Waals surface area contributed by atoms with Crippen molar-refractivity contribution >= 4 is 15.9 Å². The number of likely N-dealkylation sites (tertiary alicyclic amines) is 1. The van der Waals surface area contributed by atoms with E-state index in [1.807, 2.05) is 24.3 Å². The number of hydrogen-bond acceptors (Lipinski definition) is 2. The van der Waals surface area contributed by atoms with Gasteiger partial charge in [0.1, 0.15) is 5.60 Å². The molecule has 2 nitrogen and oxygen atoms in total. The minimum Gasteiger partial charge on any atom is -0.384 e. The first kappa shape index (κ1) is 11.1. The van der Waals surface area contributed by atoms with Crippen LogP contribution in [0, 0.1) is 0 Å². The van der Waals surface area contributed by atoms with E-state index < -0.39 is 5.60 Å². The first-order valence-electron chi connectivity index (χ1n) is 5.27. The molecule has 0 saturated carbocycles. The lowest BCUT2D eigenvalue weighted by atomic mass is 9.86. The van der Waals surface area contributed by atoms with Crippen LogP contribution in [0.15, 0.2) is 28.7 Å². The molecule has 3 heteroatoms. The third kappa shape index (κ3) is 2.41. The van der Waals surface area contributed by atoms with Gasteiger partial charge in [-0.2, -0.15) is 0 Å². The van der Waals surface area contributed by atoms with Crippen LogP contribution in [0.2, 0.25) is 0 Å². The molecule has 1 N–H and O–H groups in total. The molecule has 1 aliphatic heterocycles. The zero-order valence-electron chi connectivity index (χ0n) is 8.91. The normalized spacial score (nSPS) is 27.9. The summed E-state index contributed by atoms with van der Waals surface area (Å²) >= 11 is 3.44. The van der Waals surface area contributed by atoms with Gasteiger partial charge < -0.3 is 10.0 Å². The van der Waals surface area contributed by atoms with E-state index in [0.717, 1.165) is 36.0 Å². The summed E-state index contributed by atoms with van der Waals surface area (Å²) in [5, 5.41) is 10.6. The number of nitrogens with zero attached hydrogens (tertiary/aromatic N) is 1. The largest absolute Gasteiger partial charge is 0.384 e. The van der Waals surface area contributed by atoms with E-state index in [2.05, 4.69) is 27.9 Å². The van der Waals surface area contributed by atoms with Crippen molar-refractivity contribution in [3.63, 3.8) is 0 Å². The lowest BCUT2D eigenvalue weighted by molar-refractivity contribution is -0.0278. The van der Waals surface area contributed by atoms with Gasteiger partial charge in [-0.25, -0.2) is 0 Å². The van der Waals surface area contributed by atoms with Gasteiger partial charge >= 0.3 is 0 Å². The van der Waals surface area contributed by atoms with Crippen molar-refractivity contribution in [1.82, 2.24) is 4.90 Å². The van der Waals surface area contributed by atoms with E-state index in [4.69, 9.17) is 0 Å². The number of β-amino-alcohol motifs (C(OH)–C–C–N with tert-alkyl or cyclic N) is 1. The molecule has 1 heterocycles. The third-order valence-corrected chi connectivity index (χ3v) is 3.52. The van der Waals surface area contributed by atoms with Crippen LogP contribution in [0.1, 0.15) is 18.4 Å². The van der Waals surface area contributed by atoms with Crippen molar-refractivity contribution in [3.8, 4) is 0 Å². The fourth-order valence-electron chi connectivity index (χ4n) is 2.26. The number of halogens is 1. The lowest BCUT2D eigenvalue weighted by Crippen LogP contribution is -2.44. The van der Waals surface area contributed by atoms with Gasteiger partial charge in [-0.3, -0.25) is 0 Å². The molecule has 0 amide bonds. The Morgan fingerprint density at radius 2 is 2.27 bits per heavy atom. The Hall–Kier alpha value is -0.380. The Morgan fingerprint density at radius 3 is 2.93 bits per heavy atom. The van der Waals surface area contributed by atoms with E-state index in [-0.39, 0.29) is 0 Å². The maximum atomic E-state index is 10.6. The molecule has 1 aromatic rings. The predicted octanol–water partition coefficient (Wildman–Crippen LogP) is 2.36. The number of likely N-dealkylation sites (N-methyl/N-ethyl adjacent to an activating group) is 1. The summed E-state index contributed by atoms with van der Waals surface area (Å²) in [7, 11) is 2.06. The molecule has 1 fully saturated rings. The van der Waals surface area contributed by atoms with Gasteiger partial charge in [0.15, 0.2) is 0 Å². The number of hydrogen-bond donors (Lipinski definition) is 1. The van der Waals surface area contributed by atoms with Crippen molar-refractivity contribution in [1.29, 1.82) is 0 Å². The van der Waals surface area contributed by atoms with Gasteiger partial charge in [-0.1, -0.05) is 28.1 Å². The molecule has 1 unspecified atom stereocenters. The third-order valence-electron chi connectivity index (χ3n) is 3.02. The van der Waals surface area contributed by atoms with Crippen LogP contribution in [0.5, 0.6) is 0 Å². The highest BCUT2D eigenvalue weighted by Crippen LogP contribution is 2.32. The molecule has 82 valence electrons. The number of benzene rings is 1. The van der Waals surface area contributed by atoms with Gasteiger partial charge in [0.25, 0.3) is 0 Å². The zero-order chi connectivity index (χ0) is 10.9. The summed E-state index contributed by atoms with van der Waals surface area (Å²) in [5.41, 5.74) is 0.347. The van der Waals surface area contributed by atoms with E-state index >= 15 is 0 Å². The van der Waals surface area contributed by atoms with Crippen molar-refractivity contribution in [3.05, 3.63) is 34.3 Å². The van der Waals surface area contributed by atoms with Crippen molar-refractivity contribution in [2.75, 3.05) is 20.1 Å². The van der Waals surface area contributed by atoms with Gasteiger partial charge in [-0.05, 0) is 44.1 Å². The van der Waals surface area contributed by atoms with E-state index in [1.165, 1.54) is 0 Å².